The number of aliphatic hydroxyl groups excluding tert-OH is 1. The number of carbonyl (C=O) groups excluding carboxylic acids is 2. The molecule has 1 saturated carbocycles. The van der Waals surface area contributed by atoms with Gasteiger partial charge in [-0.3, -0.25) is 9.59 Å². The van der Waals surface area contributed by atoms with E-state index in [2.05, 4.69) is 22.3 Å². The number of aliphatic hydroxyl groups is 1. The van der Waals surface area contributed by atoms with Crippen molar-refractivity contribution in [3.63, 3.8) is 0 Å². The maximum absolute atomic E-state index is 12.8. The molecule has 6 heteroatoms. The molecule has 1 aliphatic heterocycles. The Kier molecular flexibility index (Phi) is 7.89. The first-order valence-electron chi connectivity index (χ1n) is 11.4. The Balaban J connectivity index is 1.68. The van der Waals surface area contributed by atoms with Crippen LogP contribution in [0, 0.1) is 0 Å². The fourth-order valence-corrected chi connectivity index (χ4v) is 5.08. The molecule has 2 amide bonds. The molecule has 1 aromatic carbocycles. The second-order valence-corrected chi connectivity index (χ2v) is 9.07. The number of rotatable bonds is 7. The highest BCUT2D eigenvalue weighted by molar-refractivity contribution is 5.76. The Morgan fingerprint density at radius 3 is 2.50 bits per heavy atom. The van der Waals surface area contributed by atoms with Crippen molar-refractivity contribution >= 4 is 11.8 Å². The first-order valence-corrected chi connectivity index (χ1v) is 11.4. The summed E-state index contributed by atoms with van der Waals surface area (Å²) < 4.78 is 0. The predicted molar refractivity (Wildman–Crippen MR) is 118 cm³/mol. The van der Waals surface area contributed by atoms with Gasteiger partial charge in [0.1, 0.15) is 0 Å². The summed E-state index contributed by atoms with van der Waals surface area (Å²) in [6.07, 6.45) is 5.35. The largest absolute Gasteiger partial charge is 0.391 e. The zero-order chi connectivity index (χ0) is 21.6. The minimum absolute atomic E-state index is 0.0409. The molecule has 30 heavy (non-hydrogen) atoms. The molecule has 0 bridgehead atoms. The van der Waals surface area contributed by atoms with Crippen molar-refractivity contribution in [2.75, 3.05) is 33.2 Å². The number of hydrogen-bond acceptors (Lipinski definition) is 4. The summed E-state index contributed by atoms with van der Waals surface area (Å²) in [5.41, 5.74) is 0.969. The number of likely N-dealkylation sites (tertiary alicyclic amines) is 1. The van der Waals surface area contributed by atoms with E-state index in [1.165, 1.54) is 18.4 Å². The van der Waals surface area contributed by atoms with Crippen LogP contribution < -0.4 is 5.32 Å². The second kappa shape index (κ2) is 10.4. The van der Waals surface area contributed by atoms with E-state index < -0.39 is 6.10 Å². The molecular formula is C24H37N3O3. The van der Waals surface area contributed by atoms with Gasteiger partial charge in [0, 0.05) is 38.9 Å². The topological polar surface area (TPSA) is 72.9 Å². The number of carbonyl (C=O) groups is 2. The third kappa shape index (κ3) is 5.61. The first-order chi connectivity index (χ1) is 14.4. The number of hydrogen-bond donors (Lipinski definition) is 2. The van der Waals surface area contributed by atoms with E-state index in [1.807, 2.05) is 25.2 Å². The van der Waals surface area contributed by atoms with Crippen LogP contribution in [0.4, 0.5) is 0 Å². The number of benzene rings is 1. The standard InChI is InChI=1S/C24H37N3O3/c1-19(28)25-18-24(20-8-4-3-5-9-20)13-10-21(22(29)11-14-24)26(2)23(30)12-17-27-15-6-7-16-27/h3-5,8-9,21-22,29H,6-7,10-18H2,1-2H3,(H,25,28)/t21-,22-,24+/m0/s1. The third-order valence-corrected chi connectivity index (χ3v) is 7.07. The van der Waals surface area contributed by atoms with Gasteiger partial charge in [-0.25, -0.2) is 0 Å². The van der Waals surface area contributed by atoms with E-state index >= 15 is 0 Å². The van der Waals surface area contributed by atoms with Crippen LogP contribution in [0.2, 0.25) is 0 Å². The summed E-state index contributed by atoms with van der Waals surface area (Å²) >= 11 is 0. The van der Waals surface area contributed by atoms with Crippen molar-refractivity contribution in [2.24, 2.45) is 0 Å². The minimum Gasteiger partial charge on any atom is -0.391 e. The summed E-state index contributed by atoms with van der Waals surface area (Å²) in [4.78, 5) is 28.6. The smallest absolute Gasteiger partial charge is 0.223 e. The van der Waals surface area contributed by atoms with Gasteiger partial charge in [0.2, 0.25) is 11.8 Å². The highest BCUT2D eigenvalue weighted by atomic mass is 16.3. The fourth-order valence-electron chi connectivity index (χ4n) is 5.08. The lowest BCUT2D eigenvalue weighted by molar-refractivity contribution is -0.134. The molecule has 2 aliphatic rings. The third-order valence-electron chi connectivity index (χ3n) is 7.07. The van der Waals surface area contributed by atoms with E-state index in [0.717, 1.165) is 38.9 Å². The minimum atomic E-state index is -0.548. The summed E-state index contributed by atoms with van der Waals surface area (Å²) in [5, 5.41) is 13.9. The Labute approximate surface area is 180 Å². The van der Waals surface area contributed by atoms with Crippen molar-refractivity contribution in [3.8, 4) is 0 Å². The van der Waals surface area contributed by atoms with Gasteiger partial charge in [0.05, 0.1) is 12.1 Å². The van der Waals surface area contributed by atoms with Crippen LogP contribution in [0.15, 0.2) is 30.3 Å². The molecule has 2 fully saturated rings. The highest BCUT2D eigenvalue weighted by Gasteiger charge is 2.39. The van der Waals surface area contributed by atoms with Crippen molar-refractivity contribution in [2.45, 2.75) is 69.4 Å². The zero-order valence-corrected chi connectivity index (χ0v) is 18.5. The Bertz CT molecular complexity index is 705. The quantitative estimate of drug-likeness (QED) is 0.671. The molecule has 6 nitrogen and oxygen atoms in total. The van der Waals surface area contributed by atoms with Gasteiger partial charge >= 0.3 is 0 Å². The van der Waals surface area contributed by atoms with Gasteiger partial charge in [0.15, 0.2) is 0 Å². The molecule has 1 aliphatic carbocycles. The SMILES string of the molecule is CC(=O)NC[C@]1(c2ccccc2)CC[C@H](O)[C@@H](N(C)C(=O)CCN2CCCC2)CC1. The van der Waals surface area contributed by atoms with Crippen LogP contribution in [0.25, 0.3) is 0 Å². The number of nitrogens with zero attached hydrogens (tertiary/aromatic N) is 2. The summed E-state index contributed by atoms with van der Waals surface area (Å²) in [7, 11) is 1.84. The predicted octanol–water partition coefficient (Wildman–Crippen LogP) is 2.31. The van der Waals surface area contributed by atoms with Crippen molar-refractivity contribution < 1.29 is 14.7 Å². The molecule has 3 atom stereocenters. The second-order valence-electron chi connectivity index (χ2n) is 9.07. The van der Waals surface area contributed by atoms with Crippen LogP contribution in [-0.2, 0) is 15.0 Å². The van der Waals surface area contributed by atoms with E-state index in [0.29, 0.717) is 19.4 Å². The van der Waals surface area contributed by atoms with Gasteiger partial charge in [-0.1, -0.05) is 30.3 Å². The van der Waals surface area contributed by atoms with Crippen LogP contribution in [-0.4, -0.2) is 72.1 Å². The monoisotopic (exact) mass is 415 g/mol. The summed E-state index contributed by atoms with van der Waals surface area (Å²) in [5.74, 6) is 0.0703. The lowest BCUT2D eigenvalue weighted by Crippen LogP contribution is -2.45. The molecule has 2 N–H and O–H groups in total. The van der Waals surface area contributed by atoms with Crippen LogP contribution in [0.1, 0.15) is 57.4 Å². The first kappa shape index (κ1) is 22.8. The molecule has 1 saturated heterocycles. The van der Waals surface area contributed by atoms with Crippen molar-refractivity contribution in [1.82, 2.24) is 15.1 Å². The lowest BCUT2D eigenvalue weighted by atomic mass is 9.74. The van der Waals surface area contributed by atoms with Crippen LogP contribution in [0.5, 0.6) is 0 Å². The number of nitrogens with one attached hydrogen (secondary N) is 1. The lowest BCUT2D eigenvalue weighted by Gasteiger charge is -2.34. The average Bonchev–Trinajstić information content (AvgIpc) is 3.21. The molecule has 1 aromatic rings. The van der Waals surface area contributed by atoms with E-state index in [4.69, 9.17) is 0 Å². The number of amides is 2. The van der Waals surface area contributed by atoms with Crippen LogP contribution >= 0.6 is 0 Å². The Morgan fingerprint density at radius 1 is 1.17 bits per heavy atom. The average molecular weight is 416 g/mol. The van der Waals surface area contributed by atoms with Gasteiger partial charge in [-0.2, -0.15) is 0 Å². The Hall–Kier alpha value is -1.92. The van der Waals surface area contributed by atoms with E-state index in [1.54, 1.807) is 11.8 Å². The molecule has 3 rings (SSSR count). The van der Waals surface area contributed by atoms with Crippen LogP contribution in [0.3, 0.4) is 0 Å². The van der Waals surface area contributed by atoms with E-state index in [-0.39, 0.29) is 23.3 Å². The Morgan fingerprint density at radius 2 is 1.83 bits per heavy atom. The molecule has 1 heterocycles. The number of likely N-dealkylation sites (N-methyl/N-ethyl adjacent to an activating group) is 1. The van der Waals surface area contributed by atoms with Gasteiger partial charge in [-0.15, -0.1) is 0 Å². The highest BCUT2D eigenvalue weighted by Crippen LogP contribution is 2.39. The molecular weight excluding hydrogens is 378 g/mol. The summed E-state index contributed by atoms with van der Waals surface area (Å²) in [6, 6.07) is 10.1. The molecule has 0 spiro atoms. The van der Waals surface area contributed by atoms with Gasteiger partial charge in [0.25, 0.3) is 0 Å². The van der Waals surface area contributed by atoms with Crippen molar-refractivity contribution in [1.29, 1.82) is 0 Å². The zero-order valence-electron chi connectivity index (χ0n) is 18.5. The molecule has 166 valence electrons. The van der Waals surface area contributed by atoms with Crippen molar-refractivity contribution in [3.05, 3.63) is 35.9 Å². The summed E-state index contributed by atoms with van der Waals surface area (Å²) in [6.45, 7) is 5.08. The van der Waals surface area contributed by atoms with Gasteiger partial charge in [-0.05, 0) is 57.2 Å². The maximum Gasteiger partial charge on any atom is 0.223 e. The maximum atomic E-state index is 12.8. The van der Waals surface area contributed by atoms with E-state index in [9.17, 15) is 14.7 Å². The molecule has 0 aromatic heterocycles. The molecule has 0 radical (unpaired) electrons. The molecule has 0 unspecified atom stereocenters. The fraction of sp³-hybridized carbons (Fsp3) is 0.667. The van der Waals surface area contributed by atoms with Gasteiger partial charge < -0.3 is 20.2 Å². The normalized spacial score (nSPS) is 27.4.